The van der Waals surface area contributed by atoms with Gasteiger partial charge in [0.25, 0.3) is 0 Å². The molecule has 0 spiro atoms. The van der Waals surface area contributed by atoms with Gasteiger partial charge in [0.05, 0.1) is 0 Å². The molecular weight excluding hydrogens is 234 g/mol. The van der Waals surface area contributed by atoms with Gasteiger partial charge in [-0.05, 0) is 37.8 Å². The van der Waals surface area contributed by atoms with Crippen molar-refractivity contribution < 1.29 is 9.90 Å². The van der Waals surface area contributed by atoms with E-state index in [1.54, 1.807) is 0 Å². The fraction of sp³-hybridized carbons (Fsp3) is 0.462. The van der Waals surface area contributed by atoms with Crippen LogP contribution in [-0.2, 0) is 4.79 Å². The third-order valence-corrected chi connectivity index (χ3v) is 4.43. The molecule has 1 aromatic carbocycles. The molecule has 92 valence electrons. The van der Waals surface area contributed by atoms with Crippen LogP contribution in [0.4, 0.5) is 0 Å². The minimum atomic E-state index is -1.06. The fourth-order valence-corrected chi connectivity index (χ4v) is 2.88. The average molecular weight is 251 g/mol. The number of benzene rings is 1. The van der Waals surface area contributed by atoms with Crippen molar-refractivity contribution in [2.45, 2.75) is 30.2 Å². The van der Waals surface area contributed by atoms with E-state index >= 15 is 0 Å². The molecule has 1 unspecified atom stereocenters. The third-order valence-electron chi connectivity index (χ3n) is 3.20. The molecule has 1 fully saturated rings. The summed E-state index contributed by atoms with van der Waals surface area (Å²) < 4.78 is 0. The van der Waals surface area contributed by atoms with Crippen molar-refractivity contribution in [3.63, 3.8) is 0 Å². The number of aryl methyl sites for hydroxylation is 1. The monoisotopic (exact) mass is 251 g/mol. The summed E-state index contributed by atoms with van der Waals surface area (Å²) in [5.74, 6) is -0.284. The first-order chi connectivity index (χ1) is 8.02. The smallest absolute Gasteiger partial charge is 0.324 e. The number of carboxylic acids is 1. The predicted octanol–water partition coefficient (Wildman–Crippen LogP) is 2.28. The minimum absolute atomic E-state index is 0.151. The molecule has 1 atom stereocenters. The molecule has 3 nitrogen and oxygen atoms in total. The van der Waals surface area contributed by atoms with Gasteiger partial charge in [-0.25, -0.2) is 0 Å². The van der Waals surface area contributed by atoms with Crippen molar-refractivity contribution in [3.05, 3.63) is 29.8 Å². The van der Waals surface area contributed by atoms with E-state index < -0.39 is 11.5 Å². The lowest BCUT2D eigenvalue weighted by Crippen LogP contribution is -2.52. The van der Waals surface area contributed by atoms with Gasteiger partial charge in [-0.2, -0.15) is 0 Å². The van der Waals surface area contributed by atoms with Crippen LogP contribution in [0.3, 0.4) is 0 Å². The highest BCUT2D eigenvalue weighted by molar-refractivity contribution is 7.99. The summed E-state index contributed by atoms with van der Waals surface area (Å²) in [5, 5.41) is 9.23. The van der Waals surface area contributed by atoms with E-state index in [4.69, 9.17) is 5.73 Å². The topological polar surface area (TPSA) is 63.3 Å². The molecule has 1 aliphatic rings. The highest BCUT2D eigenvalue weighted by atomic mass is 32.2. The summed E-state index contributed by atoms with van der Waals surface area (Å²) in [6.45, 7) is 2.03. The zero-order valence-corrected chi connectivity index (χ0v) is 10.7. The van der Waals surface area contributed by atoms with Crippen LogP contribution in [0, 0.1) is 12.8 Å². The Labute approximate surface area is 105 Å². The number of hydrogen-bond donors (Lipinski definition) is 2. The van der Waals surface area contributed by atoms with E-state index in [0.29, 0.717) is 5.75 Å². The summed E-state index contributed by atoms with van der Waals surface area (Å²) in [7, 11) is 0. The standard InChI is InChI=1S/C13H17NO2S/c1-9-2-6-11(7-3-9)17-8-13(14,12(15)16)10-4-5-10/h2-3,6-7,10H,4-5,8,14H2,1H3,(H,15,16). The molecule has 4 heteroatoms. The van der Waals surface area contributed by atoms with Crippen LogP contribution in [0.15, 0.2) is 29.2 Å². The molecule has 0 radical (unpaired) electrons. The average Bonchev–Trinajstić information content (AvgIpc) is 3.11. The predicted molar refractivity (Wildman–Crippen MR) is 69.2 cm³/mol. The maximum Gasteiger partial charge on any atom is 0.324 e. The lowest BCUT2D eigenvalue weighted by Gasteiger charge is -2.23. The Morgan fingerprint density at radius 1 is 1.47 bits per heavy atom. The molecular formula is C13H17NO2S. The summed E-state index contributed by atoms with van der Waals surface area (Å²) >= 11 is 1.53. The van der Waals surface area contributed by atoms with Gasteiger partial charge in [-0.3, -0.25) is 4.79 Å². The zero-order chi connectivity index (χ0) is 12.5. The molecule has 1 saturated carbocycles. The van der Waals surface area contributed by atoms with Crippen molar-refractivity contribution in [2.75, 3.05) is 5.75 Å². The summed E-state index contributed by atoms with van der Waals surface area (Å²) in [6, 6.07) is 8.07. The van der Waals surface area contributed by atoms with Gasteiger partial charge in [0.2, 0.25) is 0 Å². The fourth-order valence-electron chi connectivity index (χ4n) is 1.79. The third kappa shape index (κ3) is 2.82. The first-order valence-corrected chi connectivity index (χ1v) is 6.72. The summed E-state index contributed by atoms with van der Waals surface area (Å²) in [4.78, 5) is 12.3. The molecule has 17 heavy (non-hydrogen) atoms. The van der Waals surface area contributed by atoms with Crippen molar-refractivity contribution in [2.24, 2.45) is 11.7 Å². The lowest BCUT2D eigenvalue weighted by atomic mass is 9.98. The second-order valence-electron chi connectivity index (χ2n) is 4.72. The van der Waals surface area contributed by atoms with E-state index in [1.807, 2.05) is 31.2 Å². The highest BCUT2D eigenvalue weighted by Crippen LogP contribution is 2.41. The molecule has 0 bridgehead atoms. The van der Waals surface area contributed by atoms with E-state index in [2.05, 4.69) is 0 Å². The number of thioether (sulfide) groups is 1. The SMILES string of the molecule is Cc1ccc(SCC(N)(C(=O)O)C2CC2)cc1. The largest absolute Gasteiger partial charge is 0.480 e. The van der Waals surface area contributed by atoms with Gasteiger partial charge >= 0.3 is 5.97 Å². The normalized spacial score (nSPS) is 18.7. The van der Waals surface area contributed by atoms with Crippen molar-refractivity contribution >= 4 is 17.7 Å². The number of carbonyl (C=O) groups is 1. The van der Waals surface area contributed by atoms with Gasteiger partial charge in [-0.1, -0.05) is 17.7 Å². The number of aliphatic carboxylic acids is 1. The Hall–Kier alpha value is -1.00. The minimum Gasteiger partial charge on any atom is -0.480 e. The Morgan fingerprint density at radius 2 is 2.06 bits per heavy atom. The van der Waals surface area contributed by atoms with Crippen LogP contribution in [0.1, 0.15) is 18.4 Å². The molecule has 2 rings (SSSR count). The van der Waals surface area contributed by atoms with Crippen molar-refractivity contribution in [3.8, 4) is 0 Å². The molecule has 0 saturated heterocycles. The van der Waals surface area contributed by atoms with Gasteiger partial charge < -0.3 is 10.8 Å². The molecule has 0 aliphatic heterocycles. The Kier molecular flexibility index (Phi) is 3.45. The molecule has 0 amide bonds. The van der Waals surface area contributed by atoms with Crippen LogP contribution in [0.2, 0.25) is 0 Å². The highest BCUT2D eigenvalue weighted by Gasteiger charge is 2.48. The van der Waals surface area contributed by atoms with Crippen LogP contribution in [-0.4, -0.2) is 22.4 Å². The first kappa shape index (κ1) is 12.5. The molecule has 0 aromatic heterocycles. The molecule has 1 aromatic rings. The second-order valence-corrected chi connectivity index (χ2v) is 5.77. The van der Waals surface area contributed by atoms with Gasteiger partial charge in [0.15, 0.2) is 0 Å². The molecule has 0 heterocycles. The first-order valence-electron chi connectivity index (χ1n) is 5.74. The van der Waals surface area contributed by atoms with Crippen molar-refractivity contribution in [1.29, 1.82) is 0 Å². The number of rotatable bonds is 5. The Bertz CT molecular complexity index is 414. The van der Waals surface area contributed by atoms with E-state index in [0.717, 1.165) is 17.7 Å². The van der Waals surface area contributed by atoms with Crippen LogP contribution < -0.4 is 5.73 Å². The quantitative estimate of drug-likeness (QED) is 0.788. The van der Waals surface area contributed by atoms with Crippen LogP contribution >= 0.6 is 11.8 Å². The van der Waals surface area contributed by atoms with Gasteiger partial charge in [0, 0.05) is 10.6 Å². The number of nitrogens with two attached hydrogens (primary N) is 1. The van der Waals surface area contributed by atoms with E-state index in [-0.39, 0.29) is 5.92 Å². The second kappa shape index (κ2) is 4.70. The molecule has 1 aliphatic carbocycles. The van der Waals surface area contributed by atoms with E-state index in [9.17, 15) is 9.90 Å². The Morgan fingerprint density at radius 3 is 2.53 bits per heavy atom. The summed E-state index contributed by atoms with van der Waals surface area (Å²) in [5.41, 5.74) is 6.15. The Balaban J connectivity index is 2.00. The maximum atomic E-state index is 11.2. The lowest BCUT2D eigenvalue weighted by molar-refractivity contribution is -0.143. The molecule has 3 N–H and O–H groups in total. The number of carboxylic acid groups (broad SMARTS) is 1. The van der Waals surface area contributed by atoms with Gasteiger partial charge in [-0.15, -0.1) is 11.8 Å². The van der Waals surface area contributed by atoms with Gasteiger partial charge in [0.1, 0.15) is 5.54 Å². The van der Waals surface area contributed by atoms with Crippen molar-refractivity contribution in [1.82, 2.24) is 0 Å². The summed E-state index contributed by atoms with van der Waals surface area (Å²) in [6.07, 6.45) is 1.88. The zero-order valence-electron chi connectivity index (χ0n) is 9.85. The van der Waals surface area contributed by atoms with Crippen LogP contribution in [0.5, 0.6) is 0 Å². The maximum absolute atomic E-state index is 11.2. The van der Waals surface area contributed by atoms with E-state index in [1.165, 1.54) is 17.3 Å². The van der Waals surface area contributed by atoms with Crippen LogP contribution in [0.25, 0.3) is 0 Å². The number of hydrogen-bond acceptors (Lipinski definition) is 3.